The zero-order valence-electron chi connectivity index (χ0n) is 9.48. The van der Waals surface area contributed by atoms with E-state index in [1.54, 1.807) is 0 Å². The molecule has 1 aromatic rings. The Morgan fingerprint density at radius 3 is 3.00 bits per heavy atom. The van der Waals surface area contributed by atoms with Crippen LogP contribution in [0, 0.1) is 12.3 Å². The van der Waals surface area contributed by atoms with Crippen molar-refractivity contribution in [2.24, 2.45) is 0 Å². The number of nitrogen functional groups attached to an aromatic ring is 1. The Kier molecular flexibility index (Phi) is 3.34. The molecule has 1 fully saturated rings. The molecule has 1 aliphatic rings. The van der Waals surface area contributed by atoms with Crippen LogP contribution in [0.2, 0.25) is 0 Å². The van der Waals surface area contributed by atoms with Crippen LogP contribution in [-0.4, -0.2) is 37.2 Å². The number of rotatable bonds is 2. The molecule has 0 radical (unpaired) electrons. The van der Waals surface area contributed by atoms with Crippen LogP contribution in [0.4, 0.5) is 5.82 Å². The number of aliphatic hydroxyl groups excluding tert-OH is 2. The van der Waals surface area contributed by atoms with Crippen molar-refractivity contribution in [1.82, 2.24) is 9.55 Å². The summed E-state index contributed by atoms with van der Waals surface area (Å²) in [7, 11) is 0. The highest BCUT2D eigenvalue weighted by Gasteiger charge is 2.47. The predicted molar refractivity (Wildman–Crippen MR) is 68.8 cm³/mol. The number of terminal acetylenes is 1. The third-order valence-electron chi connectivity index (χ3n) is 2.95. The number of aromatic nitrogens is 2. The van der Waals surface area contributed by atoms with E-state index in [4.69, 9.17) is 12.2 Å². The lowest BCUT2D eigenvalue weighted by Crippen LogP contribution is -2.36. The molecule has 0 unspecified atom stereocenters. The molecule has 7 heteroatoms. The standard InChI is InChI=1S/C11H13N3O3S/c1-2-11(6-15)7(16)5-9(18-11)14-4-3-8(12)13-10(14)17/h1,3-4,7,9,15-16H,5-6H2,(H2,12,13,17)/t7-,9+,11+/m0/s1. The SMILES string of the molecule is C#C[C@]1(CO)S[C@@H](n2ccc(N)nc2=O)C[C@@H]1O. The normalized spacial score (nSPS) is 31.2. The van der Waals surface area contributed by atoms with Gasteiger partial charge in [0.15, 0.2) is 0 Å². The molecule has 6 nitrogen and oxygen atoms in total. The molecule has 96 valence electrons. The Bertz CT molecular complexity index is 553. The summed E-state index contributed by atoms with van der Waals surface area (Å²) in [4.78, 5) is 15.3. The lowest BCUT2D eigenvalue weighted by Gasteiger charge is -2.22. The molecule has 0 aliphatic carbocycles. The van der Waals surface area contributed by atoms with Gasteiger partial charge in [0.05, 0.1) is 18.1 Å². The quantitative estimate of drug-likeness (QED) is 0.606. The summed E-state index contributed by atoms with van der Waals surface area (Å²) < 4.78 is 0.296. The van der Waals surface area contributed by atoms with Gasteiger partial charge in [-0.1, -0.05) is 5.92 Å². The van der Waals surface area contributed by atoms with Crippen LogP contribution in [0.3, 0.4) is 0 Å². The summed E-state index contributed by atoms with van der Waals surface area (Å²) in [5, 5.41) is 18.9. The number of hydrogen-bond acceptors (Lipinski definition) is 6. The fourth-order valence-corrected chi connectivity index (χ4v) is 3.32. The van der Waals surface area contributed by atoms with E-state index in [2.05, 4.69) is 10.9 Å². The maximum Gasteiger partial charge on any atom is 0.350 e. The molecule has 0 amide bonds. The minimum absolute atomic E-state index is 0.144. The van der Waals surface area contributed by atoms with Gasteiger partial charge in [-0.15, -0.1) is 18.2 Å². The Morgan fingerprint density at radius 1 is 1.78 bits per heavy atom. The van der Waals surface area contributed by atoms with E-state index in [0.717, 1.165) is 0 Å². The van der Waals surface area contributed by atoms with Gasteiger partial charge in [0.1, 0.15) is 10.6 Å². The molecule has 3 atom stereocenters. The van der Waals surface area contributed by atoms with Crippen molar-refractivity contribution >= 4 is 17.6 Å². The van der Waals surface area contributed by atoms with Crippen molar-refractivity contribution < 1.29 is 10.2 Å². The van der Waals surface area contributed by atoms with E-state index in [0.29, 0.717) is 0 Å². The zero-order chi connectivity index (χ0) is 13.3. The van der Waals surface area contributed by atoms with Gasteiger partial charge in [-0.3, -0.25) is 4.57 Å². The van der Waals surface area contributed by atoms with Crippen molar-refractivity contribution in [3.63, 3.8) is 0 Å². The second-order valence-electron chi connectivity index (χ2n) is 4.06. The molecule has 0 spiro atoms. The zero-order valence-corrected chi connectivity index (χ0v) is 10.3. The van der Waals surface area contributed by atoms with Crippen LogP contribution in [-0.2, 0) is 0 Å². The van der Waals surface area contributed by atoms with Gasteiger partial charge in [0.25, 0.3) is 0 Å². The van der Waals surface area contributed by atoms with Crippen molar-refractivity contribution in [1.29, 1.82) is 0 Å². The first-order valence-electron chi connectivity index (χ1n) is 5.31. The largest absolute Gasteiger partial charge is 0.394 e. The molecule has 2 rings (SSSR count). The number of thioether (sulfide) groups is 1. The maximum atomic E-state index is 11.7. The molecule has 1 saturated heterocycles. The number of anilines is 1. The molecule has 1 aliphatic heterocycles. The number of nitrogens with zero attached hydrogens (tertiary/aromatic N) is 2. The van der Waals surface area contributed by atoms with Crippen molar-refractivity contribution in [2.45, 2.75) is 22.6 Å². The monoisotopic (exact) mass is 267 g/mol. The molecule has 18 heavy (non-hydrogen) atoms. The molecule has 1 aromatic heterocycles. The van der Waals surface area contributed by atoms with Gasteiger partial charge in [-0.2, -0.15) is 4.98 Å². The van der Waals surface area contributed by atoms with Gasteiger partial charge in [0.2, 0.25) is 0 Å². The highest BCUT2D eigenvalue weighted by molar-refractivity contribution is 8.01. The Balaban J connectivity index is 2.33. The van der Waals surface area contributed by atoms with Crippen LogP contribution >= 0.6 is 11.8 Å². The summed E-state index contributed by atoms with van der Waals surface area (Å²) in [5.74, 6) is 2.55. The summed E-state index contributed by atoms with van der Waals surface area (Å²) in [5.41, 5.74) is 4.91. The van der Waals surface area contributed by atoms with E-state index in [1.165, 1.54) is 28.6 Å². The fraction of sp³-hybridized carbons (Fsp3) is 0.455. The van der Waals surface area contributed by atoms with Crippen LogP contribution in [0.5, 0.6) is 0 Å². The fourth-order valence-electron chi connectivity index (χ4n) is 1.88. The van der Waals surface area contributed by atoms with E-state index in [1.807, 2.05) is 0 Å². The predicted octanol–water partition coefficient (Wildman–Crippen LogP) is -0.814. The molecule has 0 aromatic carbocycles. The van der Waals surface area contributed by atoms with Gasteiger partial charge in [-0.25, -0.2) is 4.79 Å². The van der Waals surface area contributed by atoms with Gasteiger partial charge >= 0.3 is 5.69 Å². The molecule has 4 N–H and O–H groups in total. The smallest absolute Gasteiger partial charge is 0.350 e. The third kappa shape index (κ3) is 1.99. The average Bonchev–Trinajstić information content (AvgIpc) is 2.67. The number of aliphatic hydroxyl groups is 2. The van der Waals surface area contributed by atoms with Crippen LogP contribution in [0.15, 0.2) is 17.1 Å². The second-order valence-corrected chi connectivity index (χ2v) is 5.57. The van der Waals surface area contributed by atoms with Crippen molar-refractivity contribution in [3.05, 3.63) is 22.7 Å². The highest BCUT2D eigenvalue weighted by Crippen LogP contribution is 2.48. The summed E-state index contributed by atoms with van der Waals surface area (Å²) in [6, 6.07) is 1.50. The lowest BCUT2D eigenvalue weighted by molar-refractivity contribution is 0.114. The lowest BCUT2D eigenvalue weighted by atomic mass is 10.0. The Hall–Kier alpha value is -1.49. The minimum atomic E-state index is -1.06. The maximum absolute atomic E-state index is 11.7. The molecular formula is C11H13N3O3S. The van der Waals surface area contributed by atoms with Crippen molar-refractivity contribution in [2.75, 3.05) is 12.3 Å². The number of hydrogen-bond donors (Lipinski definition) is 3. The summed E-state index contributed by atoms with van der Waals surface area (Å²) in [6.45, 7) is -0.344. The van der Waals surface area contributed by atoms with Gasteiger partial charge in [0, 0.05) is 12.6 Å². The average molecular weight is 267 g/mol. The highest BCUT2D eigenvalue weighted by atomic mass is 32.2. The van der Waals surface area contributed by atoms with Crippen LogP contribution in [0.1, 0.15) is 11.8 Å². The third-order valence-corrected chi connectivity index (χ3v) is 4.58. The molecule has 2 heterocycles. The van der Waals surface area contributed by atoms with Crippen molar-refractivity contribution in [3.8, 4) is 12.3 Å². The van der Waals surface area contributed by atoms with E-state index in [-0.39, 0.29) is 24.2 Å². The second kappa shape index (κ2) is 4.65. The van der Waals surface area contributed by atoms with Crippen LogP contribution in [0.25, 0.3) is 0 Å². The first-order chi connectivity index (χ1) is 8.52. The summed E-state index contributed by atoms with van der Waals surface area (Å²) in [6.07, 6.45) is 6.28. The minimum Gasteiger partial charge on any atom is -0.394 e. The van der Waals surface area contributed by atoms with E-state index >= 15 is 0 Å². The van der Waals surface area contributed by atoms with Gasteiger partial charge in [-0.05, 0) is 6.07 Å². The molecule has 0 bridgehead atoms. The topological polar surface area (TPSA) is 101 Å². The number of nitrogens with two attached hydrogens (primary N) is 1. The van der Waals surface area contributed by atoms with E-state index < -0.39 is 16.5 Å². The Morgan fingerprint density at radius 2 is 2.50 bits per heavy atom. The first kappa shape index (κ1) is 13.0. The van der Waals surface area contributed by atoms with E-state index in [9.17, 15) is 15.0 Å². The Labute approximate surface area is 108 Å². The van der Waals surface area contributed by atoms with Gasteiger partial charge < -0.3 is 15.9 Å². The molecule has 0 saturated carbocycles. The molecular weight excluding hydrogens is 254 g/mol. The first-order valence-corrected chi connectivity index (χ1v) is 6.19. The summed E-state index contributed by atoms with van der Waals surface area (Å²) >= 11 is 1.19. The van der Waals surface area contributed by atoms with Crippen LogP contribution < -0.4 is 11.4 Å².